The Kier molecular flexibility index (Phi) is 22.6. The van der Waals surface area contributed by atoms with E-state index >= 15 is 0 Å². The van der Waals surface area contributed by atoms with Crippen LogP contribution in [0, 0.1) is 88.9 Å². The molecule has 5 aromatic heterocycles. The summed E-state index contributed by atoms with van der Waals surface area (Å²) in [4.78, 5) is 22.8. The van der Waals surface area contributed by atoms with Gasteiger partial charge >= 0.3 is 0 Å². The predicted octanol–water partition coefficient (Wildman–Crippen LogP) is 19.4. The smallest absolute Gasteiger partial charge is 0.232 e. The molecule has 11 heteroatoms. The van der Waals surface area contributed by atoms with E-state index in [2.05, 4.69) is 325 Å². The molecule has 103 heavy (non-hydrogen) atoms. The standard InChI is InChI=1S/C21H24FN2.3C18H19N2.C17H17N2/c1-5-15(6-2)16-7-10-20-19(12-16)21(24(4)13-23-20)18-9-8-17(22)11-14(18)3;1-12-5-7-14(3)16(9-12)18-15-8-6-13(2)10-17(15)19-11-20(18)4;1-12-8-9-13(2)16(10-12)18-15-7-5-6-14(3)17(15)19-11-20(18)4;1-12-9-10-13(2)16(11-12)18-15-7-5-6-8-17(15)19-14(3)20(18)4;1-12-8-9-13(2)15(10-12)17-14-6-4-5-7-16(14)18-11-19(17)3/h7-13,15H,5-6H2,1-4H3;3*5-11H,1-4H3;4-11H,1-3H3/q5*+1. The van der Waals surface area contributed by atoms with Crippen LogP contribution < -0.4 is 22.8 Å². The van der Waals surface area contributed by atoms with Crippen LogP contribution in [-0.4, -0.2) is 24.9 Å². The first-order valence-corrected chi connectivity index (χ1v) is 35.8. The highest BCUT2D eigenvalue weighted by Gasteiger charge is 2.24. The molecule has 15 aromatic rings. The molecule has 10 nitrogen and oxygen atoms in total. The molecular weight excluding hydrogens is 1260 g/mol. The van der Waals surface area contributed by atoms with Gasteiger partial charge in [-0.1, -0.05) is 133 Å². The summed E-state index contributed by atoms with van der Waals surface area (Å²) in [6, 6.07) is 67.4. The van der Waals surface area contributed by atoms with E-state index in [1.165, 1.54) is 134 Å². The first kappa shape index (κ1) is 73.1. The van der Waals surface area contributed by atoms with E-state index in [0.717, 1.165) is 68.5 Å². The summed E-state index contributed by atoms with van der Waals surface area (Å²) >= 11 is 0. The van der Waals surface area contributed by atoms with E-state index < -0.39 is 0 Å². The van der Waals surface area contributed by atoms with Gasteiger partial charge in [-0.15, -0.1) is 0 Å². The van der Waals surface area contributed by atoms with E-state index in [1.807, 2.05) is 62.0 Å². The third-order valence-electron chi connectivity index (χ3n) is 20.0. The van der Waals surface area contributed by atoms with Gasteiger partial charge in [-0.25, -0.2) is 27.2 Å². The van der Waals surface area contributed by atoms with Gasteiger partial charge in [0.05, 0.1) is 62.2 Å². The first-order chi connectivity index (χ1) is 49.4. The molecule has 0 aliphatic heterocycles. The summed E-state index contributed by atoms with van der Waals surface area (Å²) in [7, 11) is 10.3. The number of benzene rings is 10. The van der Waals surface area contributed by atoms with Crippen molar-refractivity contribution in [2.45, 2.75) is 116 Å². The Labute approximate surface area is 608 Å². The van der Waals surface area contributed by atoms with Gasteiger partial charge in [0.25, 0.3) is 31.1 Å². The number of para-hydroxylation sites is 3. The lowest BCUT2D eigenvalue weighted by molar-refractivity contribution is -0.668. The van der Waals surface area contributed by atoms with Crippen LogP contribution in [0.4, 0.5) is 4.39 Å². The lowest BCUT2D eigenvalue weighted by Crippen LogP contribution is -2.36. The summed E-state index contributed by atoms with van der Waals surface area (Å²) in [6.45, 7) is 29.9. The quantitative estimate of drug-likeness (QED) is 0.142. The molecule has 0 N–H and O–H groups in total. The van der Waals surface area contributed by atoms with Crippen molar-refractivity contribution in [3.05, 3.63) is 298 Å². The number of fused-ring (bicyclic) bond motifs is 5. The maximum absolute atomic E-state index is 13.5. The van der Waals surface area contributed by atoms with Crippen molar-refractivity contribution in [1.82, 2.24) is 24.9 Å². The number of aromatic nitrogens is 10. The molecule has 0 radical (unpaired) electrons. The zero-order valence-corrected chi connectivity index (χ0v) is 63.6. The number of hydrogen-bond donors (Lipinski definition) is 0. The molecule has 0 amide bonds. The van der Waals surface area contributed by atoms with Crippen molar-refractivity contribution >= 4 is 54.5 Å². The topological polar surface area (TPSA) is 83.8 Å². The molecule has 0 fully saturated rings. The van der Waals surface area contributed by atoms with Gasteiger partial charge in [-0.05, 0) is 256 Å². The van der Waals surface area contributed by atoms with Crippen molar-refractivity contribution in [3.63, 3.8) is 0 Å². The summed E-state index contributed by atoms with van der Waals surface area (Å²) < 4.78 is 24.1. The van der Waals surface area contributed by atoms with Crippen molar-refractivity contribution < 1.29 is 27.2 Å². The van der Waals surface area contributed by atoms with Gasteiger partial charge in [-0.3, -0.25) is 0 Å². The third kappa shape index (κ3) is 16.0. The van der Waals surface area contributed by atoms with Crippen molar-refractivity contribution in [2.24, 2.45) is 35.2 Å². The molecule has 0 aliphatic carbocycles. The lowest BCUT2D eigenvalue weighted by atomic mass is 9.91. The Morgan fingerprint density at radius 2 is 0.718 bits per heavy atom. The third-order valence-corrected chi connectivity index (χ3v) is 20.0. The molecule has 15 rings (SSSR count). The summed E-state index contributed by atoms with van der Waals surface area (Å²) in [6.07, 6.45) is 9.78. The van der Waals surface area contributed by atoms with Gasteiger partial charge in [0, 0.05) is 40.3 Å². The Balaban J connectivity index is 0.000000129. The molecular formula is C92H98FN10+5. The van der Waals surface area contributed by atoms with Gasteiger partial charge < -0.3 is 0 Å². The van der Waals surface area contributed by atoms with E-state index in [-0.39, 0.29) is 5.82 Å². The number of hydrogen-bond acceptors (Lipinski definition) is 5. The van der Waals surface area contributed by atoms with Gasteiger partial charge in [-0.2, -0.15) is 0 Å². The molecule has 5 heterocycles. The molecule has 0 saturated carbocycles. The molecule has 0 spiro atoms. The summed E-state index contributed by atoms with van der Waals surface area (Å²) in [5, 5.41) is 5.94. The molecule has 10 aromatic carbocycles. The average Bonchev–Trinajstić information content (AvgIpc) is 0.843. The van der Waals surface area contributed by atoms with E-state index in [9.17, 15) is 4.39 Å². The minimum absolute atomic E-state index is 0.199. The van der Waals surface area contributed by atoms with Gasteiger partial charge in [0.15, 0.2) is 27.6 Å². The molecule has 0 bridgehead atoms. The van der Waals surface area contributed by atoms with Crippen LogP contribution in [0.3, 0.4) is 0 Å². The van der Waals surface area contributed by atoms with Crippen LogP contribution in [0.1, 0.15) is 105 Å². The number of nitrogens with zero attached hydrogens (tertiary/aromatic N) is 10. The monoisotopic (exact) mass is 1360 g/mol. The van der Waals surface area contributed by atoms with Crippen LogP contribution in [0.5, 0.6) is 0 Å². The fourth-order valence-electron chi connectivity index (χ4n) is 14.1. The van der Waals surface area contributed by atoms with E-state index in [0.29, 0.717) is 5.92 Å². The molecule has 0 atom stereocenters. The highest BCUT2D eigenvalue weighted by Crippen LogP contribution is 2.35. The Morgan fingerprint density at radius 1 is 0.311 bits per heavy atom. The van der Waals surface area contributed by atoms with E-state index in [4.69, 9.17) is 0 Å². The Hall–Kier alpha value is -11.2. The molecule has 518 valence electrons. The predicted molar refractivity (Wildman–Crippen MR) is 422 cm³/mol. The van der Waals surface area contributed by atoms with Gasteiger partial charge in [0.1, 0.15) is 34.3 Å². The maximum atomic E-state index is 13.5. The molecule has 0 saturated heterocycles. The Bertz CT molecular complexity index is 5680. The summed E-state index contributed by atoms with van der Waals surface area (Å²) in [5.74, 6) is 1.39. The molecule has 0 aliphatic rings. The highest BCUT2D eigenvalue weighted by atomic mass is 19.1. The van der Waals surface area contributed by atoms with Crippen LogP contribution in [0.25, 0.3) is 111 Å². The van der Waals surface area contributed by atoms with Crippen LogP contribution in [0.2, 0.25) is 0 Å². The fraction of sp³-hybridized carbons (Fsp3) is 0.239. The number of halogens is 1. The highest BCUT2D eigenvalue weighted by molar-refractivity contribution is 5.96. The largest absolute Gasteiger partial charge is 0.296 e. The van der Waals surface area contributed by atoms with Crippen molar-refractivity contribution in [3.8, 4) is 56.3 Å². The minimum atomic E-state index is -0.199. The van der Waals surface area contributed by atoms with E-state index in [1.54, 1.807) is 6.07 Å². The molecule has 0 unspecified atom stereocenters. The second-order valence-corrected chi connectivity index (χ2v) is 27.9. The number of rotatable bonds is 8. The van der Waals surface area contributed by atoms with Gasteiger partial charge in [0.2, 0.25) is 0 Å². The SMILES string of the molecule is CCC(CC)c1ccc2nc[n+](C)c(-c3ccc(F)cc3C)c2c1.Cc1ccc(C)c(-c2c3ccc(C)cc3nc[n+]2C)c1.Cc1ccc(C)c(-c2c3cccc(C)c3nc[n+]2C)c1.Cc1ccc(C)c(-c2c3ccccc3nc(C)[n+]2C)c1.Cc1ccc(C)c(-c2c3ccccc3nc[n+]2C)c1. The van der Waals surface area contributed by atoms with Crippen molar-refractivity contribution in [1.29, 1.82) is 0 Å². The first-order valence-electron chi connectivity index (χ1n) is 35.8. The minimum Gasteiger partial charge on any atom is -0.232 e. The maximum Gasteiger partial charge on any atom is 0.296 e. The Morgan fingerprint density at radius 3 is 1.23 bits per heavy atom. The zero-order valence-electron chi connectivity index (χ0n) is 63.6. The second kappa shape index (κ2) is 31.8. The van der Waals surface area contributed by atoms with Crippen LogP contribution in [0.15, 0.2) is 219 Å². The fourth-order valence-corrected chi connectivity index (χ4v) is 14.1. The van der Waals surface area contributed by atoms with Crippen LogP contribution in [-0.2, 0) is 35.2 Å². The normalized spacial score (nSPS) is 11.1. The second-order valence-electron chi connectivity index (χ2n) is 27.9. The number of aryl methyl sites for hydroxylation is 16. The van der Waals surface area contributed by atoms with Crippen LogP contribution >= 0.6 is 0 Å². The lowest BCUT2D eigenvalue weighted by Gasteiger charge is -2.14. The summed E-state index contributed by atoms with van der Waals surface area (Å²) in [5.41, 5.74) is 32.4. The average molecular weight is 1360 g/mol. The van der Waals surface area contributed by atoms with Crippen molar-refractivity contribution in [2.75, 3.05) is 0 Å². The zero-order chi connectivity index (χ0) is 73.5.